The van der Waals surface area contributed by atoms with Crippen LogP contribution in [-0.4, -0.2) is 39.2 Å². The third-order valence-electron chi connectivity index (χ3n) is 4.85. The van der Waals surface area contributed by atoms with Crippen LogP contribution in [0.4, 0.5) is 0 Å². The van der Waals surface area contributed by atoms with Gasteiger partial charge in [-0.25, -0.2) is 4.79 Å². The van der Waals surface area contributed by atoms with Crippen LogP contribution in [0.2, 0.25) is 0 Å². The molecule has 0 unspecified atom stereocenters. The molecule has 0 saturated carbocycles. The monoisotopic (exact) mass is 289 g/mol. The lowest BCUT2D eigenvalue weighted by molar-refractivity contribution is 0.183. The van der Waals surface area contributed by atoms with Crippen molar-refractivity contribution in [1.29, 1.82) is 0 Å². The zero-order chi connectivity index (χ0) is 13.7. The Morgan fingerprint density at radius 1 is 1.15 bits per heavy atom. The number of H-pyrrole nitrogens is 2. The van der Waals surface area contributed by atoms with Gasteiger partial charge in [0, 0.05) is 22.2 Å². The number of hydrogen-bond acceptors (Lipinski definition) is 3. The number of imidazole rings is 1. The summed E-state index contributed by atoms with van der Waals surface area (Å²) in [5, 5.41) is 0.715. The third-order valence-corrected chi connectivity index (χ3v) is 6.09. The Hall–Kier alpha value is -1.20. The summed E-state index contributed by atoms with van der Waals surface area (Å²) in [5.41, 5.74) is 1.68. The Morgan fingerprint density at radius 2 is 1.85 bits per heavy atom. The van der Waals surface area contributed by atoms with Crippen molar-refractivity contribution >= 4 is 22.8 Å². The average molecular weight is 289 g/mol. The predicted molar refractivity (Wildman–Crippen MR) is 82.4 cm³/mol. The van der Waals surface area contributed by atoms with Crippen LogP contribution in [0.5, 0.6) is 0 Å². The van der Waals surface area contributed by atoms with Gasteiger partial charge in [-0.3, -0.25) is 0 Å². The summed E-state index contributed by atoms with van der Waals surface area (Å²) in [6, 6.07) is 7.78. The number of aromatic amines is 2. The molecule has 2 saturated heterocycles. The highest BCUT2D eigenvalue weighted by Crippen LogP contribution is 2.41. The lowest BCUT2D eigenvalue weighted by atomic mass is 10.0. The van der Waals surface area contributed by atoms with Gasteiger partial charge in [-0.05, 0) is 50.9 Å². The molecule has 2 aromatic rings. The second-order valence-electron chi connectivity index (χ2n) is 6.05. The first-order chi connectivity index (χ1) is 9.69. The SMILES string of the molecule is CN1[C@@H]2CC[C@H]1C[C@H](Sc1ccc3[nH]c(=O)[nH]c3c1)C2. The van der Waals surface area contributed by atoms with Crippen molar-refractivity contribution in [1.82, 2.24) is 14.9 Å². The molecular weight excluding hydrogens is 270 g/mol. The topological polar surface area (TPSA) is 51.9 Å². The van der Waals surface area contributed by atoms with Crippen molar-refractivity contribution in [2.24, 2.45) is 0 Å². The number of aromatic nitrogens is 2. The summed E-state index contributed by atoms with van der Waals surface area (Å²) in [6.07, 6.45) is 5.31. The van der Waals surface area contributed by atoms with Crippen LogP contribution in [0, 0.1) is 0 Å². The molecule has 1 aromatic heterocycles. The van der Waals surface area contributed by atoms with Crippen LogP contribution in [0.25, 0.3) is 11.0 Å². The van der Waals surface area contributed by atoms with E-state index in [4.69, 9.17) is 0 Å². The minimum absolute atomic E-state index is 0.125. The first-order valence-corrected chi connectivity index (χ1v) is 8.17. The van der Waals surface area contributed by atoms with Gasteiger partial charge in [0.25, 0.3) is 0 Å². The average Bonchev–Trinajstić information content (AvgIpc) is 2.85. The highest BCUT2D eigenvalue weighted by molar-refractivity contribution is 8.00. The Labute approximate surface area is 121 Å². The van der Waals surface area contributed by atoms with Gasteiger partial charge in [0.1, 0.15) is 0 Å². The van der Waals surface area contributed by atoms with E-state index >= 15 is 0 Å². The van der Waals surface area contributed by atoms with E-state index in [2.05, 4.69) is 34.0 Å². The van der Waals surface area contributed by atoms with Gasteiger partial charge in [-0.2, -0.15) is 0 Å². The number of nitrogens with zero attached hydrogens (tertiary/aromatic N) is 1. The van der Waals surface area contributed by atoms with Gasteiger partial charge in [0.05, 0.1) is 11.0 Å². The van der Waals surface area contributed by atoms with Gasteiger partial charge >= 0.3 is 5.69 Å². The van der Waals surface area contributed by atoms with Crippen molar-refractivity contribution in [2.75, 3.05) is 7.05 Å². The fraction of sp³-hybridized carbons (Fsp3) is 0.533. The van der Waals surface area contributed by atoms with Crippen molar-refractivity contribution in [3.63, 3.8) is 0 Å². The second-order valence-corrected chi connectivity index (χ2v) is 7.42. The van der Waals surface area contributed by atoms with Crippen molar-refractivity contribution in [2.45, 2.75) is 47.9 Å². The van der Waals surface area contributed by atoms with E-state index in [0.717, 1.165) is 23.1 Å². The van der Waals surface area contributed by atoms with Gasteiger partial charge in [0.15, 0.2) is 0 Å². The van der Waals surface area contributed by atoms with Gasteiger partial charge in [-0.1, -0.05) is 0 Å². The molecule has 1 aromatic carbocycles. The second kappa shape index (κ2) is 4.67. The molecule has 4 nitrogen and oxygen atoms in total. The van der Waals surface area contributed by atoms with E-state index in [1.807, 2.05) is 17.8 Å². The van der Waals surface area contributed by atoms with Gasteiger partial charge in [0.2, 0.25) is 0 Å². The molecule has 2 aliphatic heterocycles. The van der Waals surface area contributed by atoms with E-state index in [9.17, 15) is 4.79 Å². The Kier molecular flexibility index (Phi) is 2.93. The largest absolute Gasteiger partial charge is 0.323 e. The van der Waals surface area contributed by atoms with E-state index in [0.29, 0.717) is 5.25 Å². The number of hydrogen-bond donors (Lipinski definition) is 2. The minimum atomic E-state index is -0.125. The van der Waals surface area contributed by atoms with Gasteiger partial charge < -0.3 is 14.9 Å². The number of rotatable bonds is 2. The third kappa shape index (κ3) is 2.09. The Morgan fingerprint density at radius 3 is 2.60 bits per heavy atom. The lowest BCUT2D eigenvalue weighted by Crippen LogP contribution is -2.40. The molecule has 2 aliphatic rings. The molecule has 2 N–H and O–H groups in total. The highest BCUT2D eigenvalue weighted by Gasteiger charge is 2.38. The summed E-state index contributed by atoms with van der Waals surface area (Å²) < 4.78 is 0. The van der Waals surface area contributed by atoms with E-state index in [1.54, 1.807) is 0 Å². The first-order valence-electron chi connectivity index (χ1n) is 7.30. The molecular formula is C15H19N3OS. The minimum Gasteiger partial charge on any atom is -0.306 e. The van der Waals surface area contributed by atoms with Crippen LogP contribution in [0.1, 0.15) is 25.7 Å². The standard InChI is InChI=1S/C15H19N3OS/c1-18-9-2-3-10(18)7-12(6-9)20-11-4-5-13-14(8-11)17-15(19)16-13/h4-5,8-10,12H,2-3,6-7H2,1H3,(H2,16,17,19)/t9-,10+,12-. The number of benzene rings is 1. The quantitative estimate of drug-likeness (QED) is 0.893. The summed E-state index contributed by atoms with van der Waals surface area (Å²) in [4.78, 5) is 20.8. The zero-order valence-electron chi connectivity index (χ0n) is 11.6. The van der Waals surface area contributed by atoms with E-state index in [1.165, 1.54) is 30.6 Å². The predicted octanol–water partition coefficient (Wildman–Crippen LogP) is 2.57. The molecule has 3 heterocycles. The first kappa shape index (κ1) is 12.5. The van der Waals surface area contributed by atoms with Crippen LogP contribution < -0.4 is 5.69 Å². The molecule has 106 valence electrons. The van der Waals surface area contributed by atoms with E-state index in [-0.39, 0.29) is 5.69 Å². The fourth-order valence-electron chi connectivity index (χ4n) is 3.74. The smallest absolute Gasteiger partial charge is 0.306 e. The van der Waals surface area contributed by atoms with Gasteiger partial charge in [-0.15, -0.1) is 11.8 Å². The molecule has 0 aliphatic carbocycles. The van der Waals surface area contributed by atoms with Crippen LogP contribution in [0.3, 0.4) is 0 Å². The molecule has 3 atom stereocenters. The van der Waals surface area contributed by atoms with Crippen LogP contribution in [0.15, 0.2) is 27.9 Å². The fourth-order valence-corrected chi connectivity index (χ4v) is 5.09. The summed E-state index contributed by atoms with van der Waals surface area (Å²) >= 11 is 1.98. The number of thioether (sulfide) groups is 1. The number of piperidine rings is 1. The maximum absolute atomic E-state index is 11.3. The molecule has 20 heavy (non-hydrogen) atoms. The summed E-state index contributed by atoms with van der Waals surface area (Å²) in [7, 11) is 2.28. The number of fused-ring (bicyclic) bond motifs is 3. The number of nitrogens with one attached hydrogen (secondary N) is 2. The molecule has 0 amide bonds. The molecule has 4 rings (SSSR count). The normalized spacial score (nSPS) is 30.1. The summed E-state index contributed by atoms with van der Waals surface area (Å²) in [5.74, 6) is 0. The molecule has 0 radical (unpaired) electrons. The van der Waals surface area contributed by atoms with E-state index < -0.39 is 0 Å². The molecule has 2 fully saturated rings. The molecule has 5 heteroatoms. The molecule has 2 bridgehead atoms. The Balaban J connectivity index is 1.54. The summed E-state index contributed by atoms with van der Waals surface area (Å²) in [6.45, 7) is 0. The van der Waals surface area contributed by atoms with Crippen molar-refractivity contribution in [3.05, 3.63) is 28.7 Å². The maximum Gasteiger partial charge on any atom is 0.323 e. The van der Waals surface area contributed by atoms with Crippen LogP contribution in [-0.2, 0) is 0 Å². The van der Waals surface area contributed by atoms with Crippen molar-refractivity contribution in [3.8, 4) is 0 Å². The molecule has 0 spiro atoms. The van der Waals surface area contributed by atoms with Crippen molar-refractivity contribution < 1.29 is 0 Å². The maximum atomic E-state index is 11.3. The highest BCUT2D eigenvalue weighted by atomic mass is 32.2. The lowest BCUT2D eigenvalue weighted by Gasteiger charge is -2.36. The zero-order valence-corrected chi connectivity index (χ0v) is 12.4. The van der Waals surface area contributed by atoms with Crippen LogP contribution >= 0.6 is 11.8 Å². The Bertz CT molecular complexity index is 678.